The second-order valence-corrected chi connectivity index (χ2v) is 8.78. The van der Waals surface area contributed by atoms with Crippen molar-refractivity contribution in [2.45, 2.75) is 36.8 Å². The Morgan fingerprint density at radius 3 is 2.37 bits per heavy atom. The van der Waals surface area contributed by atoms with Crippen LogP contribution in [0.3, 0.4) is 0 Å². The normalized spacial score (nSPS) is 15.5. The molecule has 2 aromatic rings. The van der Waals surface area contributed by atoms with Crippen LogP contribution in [0.1, 0.15) is 57.4 Å². The van der Waals surface area contributed by atoms with Gasteiger partial charge in [-0.05, 0) is 43.9 Å². The first kappa shape index (κ1) is 21.6. The van der Waals surface area contributed by atoms with E-state index < -0.39 is 54.5 Å². The predicted molar refractivity (Wildman–Crippen MR) is 106 cm³/mol. The van der Waals surface area contributed by atoms with E-state index in [1.54, 1.807) is 18.2 Å². The fourth-order valence-corrected chi connectivity index (χ4v) is 5.79. The third-order valence-corrected chi connectivity index (χ3v) is 7.15. The molecule has 0 saturated carbocycles. The van der Waals surface area contributed by atoms with E-state index in [4.69, 9.17) is 9.47 Å². The number of ether oxygens (including phenoxy) is 2. The highest BCUT2D eigenvalue weighted by Gasteiger charge is 2.41. The van der Waals surface area contributed by atoms with Gasteiger partial charge in [0.2, 0.25) is 0 Å². The van der Waals surface area contributed by atoms with Crippen molar-refractivity contribution < 1.29 is 37.7 Å². The zero-order chi connectivity index (χ0) is 22.1. The standard InChI is InChI=1S/C21H22O8S/c1-3-28-20(24)14-11-15(22)17(21(25)29-4-2)19(18(14)23)30(26,27)16-10-9-12-7-5-6-8-13(12)16/h5-8,11,16,22-23H,3-4,9-10H2,1-2H3. The van der Waals surface area contributed by atoms with Gasteiger partial charge in [-0.3, -0.25) is 0 Å². The molecule has 0 heterocycles. The molecule has 2 N–H and O–H groups in total. The summed E-state index contributed by atoms with van der Waals surface area (Å²) in [4.78, 5) is 23.9. The van der Waals surface area contributed by atoms with E-state index in [0.29, 0.717) is 12.0 Å². The third kappa shape index (κ3) is 3.60. The number of fused-ring (bicyclic) bond motifs is 1. The first-order chi connectivity index (χ1) is 14.2. The Morgan fingerprint density at radius 2 is 1.70 bits per heavy atom. The van der Waals surface area contributed by atoms with Crippen LogP contribution in [0.5, 0.6) is 11.5 Å². The molecule has 0 bridgehead atoms. The van der Waals surface area contributed by atoms with E-state index >= 15 is 0 Å². The third-order valence-electron chi connectivity index (χ3n) is 4.95. The van der Waals surface area contributed by atoms with Crippen LogP contribution in [0.15, 0.2) is 35.2 Å². The van der Waals surface area contributed by atoms with Gasteiger partial charge in [0.15, 0.2) is 9.84 Å². The Labute approximate surface area is 174 Å². The summed E-state index contributed by atoms with van der Waals surface area (Å²) >= 11 is 0. The molecular weight excluding hydrogens is 412 g/mol. The van der Waals surface area contributed by atoms with Crippen LogP contribution in [-0.2, 0) is 25.7 Å². The maximum absolute atomic E-state index is 13.6. The maximum atomic E-state index is 13.6. The van der Waals surface area contributed by atoms with Crippen molar-refractivity contribution in [3.63, 3.8) is 0 Å². The minimum atomic E-state index is -4.39. The Balaban J connectivity index is 2.28. The summed E-state index contributed by atoms with van der Waals surface area (Å²) in [6, 6.07) is 7.78. The lowest BCUT2D eigenvalue weighted by atomic mass is 10.1. The van der Waals surface area contributed by atoms with Crippen molar-refractivity contribution >= 4 is 21.8 Å². The molecule has 0 fully saturated rings. The topological polar surface area (TPSA) is 127 Å². The number of carbonyl (C=O) groups excluding carboxylic acids is 2. The molecule has 8 nitrogen and oxygen atoms in total. The van der Waals surface area contributed by atoms with Crippen molar-refractivity contribution in [3.05, 3.63) is 52.6 Å². The Bertz CT molecular complexity index is 1100. The molecule has 0 radical (unpaired) electrons. The van der Waals surface area contributed by atoms with Gasteiger partial charge in [-0.25, -0.2) is 18.0 Å². The van der Waals surface area contributed by atoms with Crippen molar-refractivity contribution in [1.82, 2.24) is 0 Å². The number of aryl methyl sites for hydroxylation is 1. The molecule has 3 rings (SSSR count). The number of phenolic OH excluding ortho intramolecular Hbond substituents is 2. The summed E-state index contributed by atoms with van der Waals surface area (Å²) in [6.45, 7) is 2.94. The van der Waals surface area contributed by atoms with Crippen LogP contribution < -0.4 is 0 Å². The summed E-state index contributed by atoms with van der Waals surface area (Å²) in [5.41, 5.74) is 0.140. The van der Waals surface area contributed by atoms with Gasteiger partial charge in [0.25, 0.3) is 0 Å². The first-order valence-electron chi connectivity index (χ1n) is 9.48. The molecule has 1 aliphatic rings. The minimum absolute atomic E-state index is 0.0310. The highest BCUT2D eigenvalue weighted by atomic mass is 32.2. The summed E-state index contributed by atoms with van der Waals surface area (Å²) in [7, 11) is -4.39. The zero-order valence-corrected chi connectivity index (χ0v) is 17.4. The molecule has 0 aromatic heterocycles. The smallest absolute Gasteiger partial charge is 0.343 e. The van der Waals surface area contributed by atoms with E-state index in [-0.39, 0.29) is 19.6 Å². The van der Waals surface area contributed by atoms with Crippen LogP contribution >= 0.6 is 0 Å². The van der Waals surface area contributed by atoms with Crippen molar-refractivity contribution in [2.75, 3.05) is 13.2 Å². The summed E-state index contributed by atoms with van der Waals surface area (Å²) in [5.74, 6) is -3.88. The lowest BCUT2D eigenvalue weighted by Crippen LogP contribution is -2.19. The molecule has 30 heavy (non-hydrogen) atoms. The van der Waals surface area contributed by atoms with Crippen molar-refractivity contribution in [1.29, 1.82) is 0 Å². The number of esters is 2. The molecule has 0 saturated heterocycles. The van der Waals surface area contributed by atoms with Crippen LogP contribution in [0.4, 0.5) is 0 Å². The number of aromatic hydroxyl groups is 2. The van der Waals surface area contributed by atoms with E-state index in [2.05, 4.69) is 0 Å². The molecule has 1 atom stereocenters. The summed E-state index contributed by atoms with van der Waals surface area (Å²) < 4.78 is 36.9. The van der Waals surface area contributed by atoms with Crippen molar-refractivity contribution in [2.24, 2.45) is 0 Å². The van der Waals surface area contributed by atoms with Gasteiger partial charge >= 0.3 is 11.9 Å². The summed E-state index contributed by atoms with van der Waals surface area (Å²) in [5, 5.41) is 20.1. The van der Waals surface area contributed by atoms with Crippen LogP contribution in [0, 0.1) is 0 Å². The average molecular weight is 434 g/mol. The van der Waals surface area contributed by atoms with E-state index in [9.17, 15) is 28.2 Å². The SMILES string of the molecule is CCOC(=O)c1cc(O)c(C(=O)OCC)c(S(=O)(=O)C2CCc3ccccc32)c1O. The lowest BCUT2D eigenvalue weighted by molar-refractivity contribution is 0.0500. The van der Waals surface area contributed by atoms with Crippen LogP contribution in [0.2, 0.25) is 0 Å². The molecule has 160 valence electrons. The molecule has 1 aliphatic carbocycles. The highest BCUT2D eigenvalue weighted by Crippen LogP contribution is 2.46. The monoisotopic (exact) mass is 434 g/mol. The zero-order valence-electron chi connectivity index (χ0n) is 16.5. The fourth-order valence-electron chi connectivity index (χ4n) is 3.66. The number of phenols is 2. The fraction of sp³-hybridized carbons (Fsp3) is 0.333. The molecule has 0 amide bonds. The molecule has 2 aromatic carbocycles. The van der Waals surface area contributed by atoms with Crippen LogP contribution in [-0.4, -0.2) is 43.8 Å². The first-order valence-corrected chi connectivity index (χ1v) is 11.0. The number of hydrogen-bond acceptors (Lipinski definition) is 8. The molecule has 0 aliphatic heterocycles. The maximum Gasteiger partial charge on any atom is 0.343 e. The molecule has 0 spiro atoms. The highest BCUT2D eigenvalue weighted by molar-refractivity contribution is 7.92. The van der Waals surface area contributed by atoms with Gasteiger partial charge in [-0.2, -0.15) is 0 Å². The average Bonchev–Trinajstić information content (AvgIpc) is 3.14. The van der Waals surface area contributed by atoms with Gasteiger partial charge in [0, 0.05) is 0 Å². The number of sulfone groups is 1. The second-order valence-electron chi connectivity index (χ2n) is 6.71. The van der Waals surface area contributed by atoms with Gasteiger partial charge in [-0.1, -0.05) is 24.3 Å². The number of carbonyl (C=O) groups is 2. The minimum Gasteiger partial charge on any atom is -0.507 e. The second kappa shape index (κ2) is 8.35. The quantitative estimate of drug-likeness (QED) is 0.525. The predicted octanol–water partition coefficient (Wildman–Crippen LogP) is 2.91. The number of rotatable bonds is 6. The van der Waals surface area contributed by atoms with Crippen molar-refractivity contribution in [3.8, 4) is 11.5 Å². The Hall–Kier alpha value is -3.07. The summed E-state index contributed by atoms with van der Waals surface area (Å²) in [6.07, 6.45) is 0.729. The van der Waals surface area contributed by atoms with Gasteiger partial charge in [0.1, 0.15) is 27.5 Å². The van der Waals surface area contributed by atoms with E-state index in [1.807, 2.05) is 6.07 Å². The van der Waals surface area contributed by atoms with Gasteiger partial charge in [-0.15, -0.1) is 0 Å². The van der Waals surface area contributed by atoms with Gasteiger partial charge < -0.3 is 19.7 Å². The largest absolute Gasteiger partial charge is 0.507 e. The van der Waals surface area contributed by atoms with Gasteiger partial charge in [0.05, 0.1) is 18.5 Å². The Kier molecular flexibility index (Phi) is 6.02. The number of benzene rings is 2. The van der Waals surface area contributed by atoms with Crippen LogP contribution in [0.25, 0.3) is 0 Å². The van der Waals surface area contributed by atoms with E-state index in [0.717, 1.165) is 11.6 Å². The lowest BCUT2D eigenvalue weighted by Gasteiger charge is -2.19. The molecule has 1 unspecified atom stereocenters. The molecular formula is C21H22O8S. The Morgan fingerprint density at radius 1 is 1.07 bits per heavy atom. The number of hydrogen-bond donors (Lipinski definition) is 2. The molecule has 9 heteroatoms. The van der Waals surface area contributed by atoms with E-state index in [1.165, 1.54) is 13.8 Å².